The maximum atomic E-state index is 13.1. The lowest BCUT2D eigenvalue weighted by Crippen LogP contribution is -2.71. The second-order valence-electron chi connectivity index (χ2n) is 8.06. The van der Waals surface area contributed by atoms with Crippen molar-refractivity contribution in [3.05, 3.63) is 59.1 Å². The van der Waals surface area contributed by atoms with E-state index in [1.807, 2.05) is 45.8 Å². The SMILES string of the molecule is Nc1nc(/C(=N/OCCO)C(=O)N[C@@H]2C(=O)N3C(C(=O)[O-])=C(C[n+]4ccn5ccccc54)CS[C@H]23)cs1. The number of amides is 2. The number of β-lactam (4-membered cyclic amide) rings is 1. The molecule has 15 heteroatoms. The van der Waals surface area contributed by atoms with E-state index in [1.165, 1.54) is 17.1 Å². The van der Waals surface area contributed by atoms with E-state index in [-0.39, 0.29) is 42.0 Å². The van der Waals surface area contributed by atoms with E-state index < -0.39 is 29.2 Å². The Hall–Kier alpha value is -3.95. The van der Waals surface area contributed by atoms with Gasteiger partial charge in [0.2, 0.25) is 0 Å². The van der Waals surface area contributed by atoms with Crippen LogP contribution in [-0.4, -0.2) is 73.3 Å². The number of aliphatic hydroxyl groups excluding tert-OH is 1. The average Bonchev–Trinajstić information content (AvgIpc) is 3.50. The predicted octanol–water partition coefficient (Wildman–Crippen LogP) is -1.92. The van der Waals surface area contributed by atoms with E-state index in [1.54, 1.807) is 0 Å². The summed E-state index contributed by atoms with van der Waals surface area (Å²) in [5, 5.41) is 28.5. The molecule has 4 N–H and O–H groups in total. The molecule has 1 fully saturated rings. The van der Waals surface area contributed by atoms with Crippen LogP contribution in [0.5, 0.6) is 0 Å². The second-order valence-corrected chi connectivity index (χ2v) is 10.1. The summed E-state index contributed by atoms with van der Waals surface area (Å²) in [7, 11) is 0. The number of pyridine rings is 1. The lowest BCUT2D eigenvalue weighted by atomic mass is 10.0. The Balaban J connectivity index is 1.36. The maximum absolute atomic E-state index is 13.1. The molecule has 1 saturated heterocycles. The fourth-order valence-corrected chi connectivity index (χ4v) is 6.02. The van der Waals surface area contributed by atoms with Crippen LogP contribution < -0.4 is 20.7 Å². The van der Waals surface area contributed by atoms with Gasteiger partial charge >= 0.3 is 0 Å². The third-order valence-electron chi connectivity index (χ3n) is 5.78. The lowest BCUT2D eigenvalue weighted by Gasteiger charge is -2.50. The molecule has 2 aliphatic rings. The highest BCUT2D eigenvalue weighted by molar-refractivity contribution is 8.00. The van der Waals surface area contributed by atoms with Gasteiger partial charge in [0.05, 0.1) is 24.5 Å². The number of nitrogens with two attached hydrogens (primary N) is 1. The van der Waals surface area contributed by atoms with Gasteiger partial charge in [-0.3, -0.25) is 14.5 Å². The zero-order valence-electron chi connectivity index (χ0n) is 19.1. The molecular formula is C22H21N7O6S2. The molecule has 0 saturated carbocycles. The highest BCUT2D eigenvalue weighted by Crippen LogP contribution is 2.40. The molecule has 0 bridgehead atoms. The number of fused-ring (bicyclic) bond motifs is 2. The van der Waals surface area contributed by atoms with Crippen molar-refractivity contribution < 1.29 is 34.0 Å². The molecule has 3 aromatic rings. The quantitative estimate of drug-likeness (QED) is 0.0912. The van der Waals surface area contributed by atoms with Crippen molar-refractivity contribution in [1.82, 2.24) is 19.6 Å². The number of carbonyl (C=O) groups is 3. The standard InChI is InChI=1S/C22H21N7O6S2/c23-22-24-13(11-37-22)15(26-35-8-7-30)18(31)25-16-19(32)29-17(21(33)34)12(10-36-20(16)29)9-28-6-5-27-4-2-1-3-14(27)28/h1-6,11,16,20,30H,7-10H2,(H3-,23,24,25,31,33,34)/b26-15-/t16-,20-/m1/s1. The fourth-order valence-electron chi connectivity index (χ4n) is 4.14. The Bertz CT molecular complexity index is 1450. The van der Waals surface area contributed by atoms with Crippen LogP contribution in [0, 0.1) is 0 Å². The van der Waals surface area contributed by atoms with Gasteiger partial charge in [-0.1, -0.05) is 11.2 Å². The first-order valence-corrected chi connectivity index (χ1v) is 13.0. The fraction of sp³-hybridized carbons (Fsp3) is 0.273. The van der Waals surface area contributed by atoms with E-state index in [2.05, 4.69) is 15.5 Å². The molecule has 2 aliphatic heterocycles. The monoisotopic (exact) mass is 543 g/mol. The van der Waals surface area contributed by atoms with Gasteiger partial charge in [-0.25, -0.2) is 14.0 Å². The van der Waals surface area contributed by atoms with Crippen molar-refractivity contribution in [2.24, 2.45) is 5.16 Å². The first kappa shape index (κ1) is 24.7. The number of anilines is 1. The van der Waals surface area contributed by atoms with Crippen molar-refractivity contribution in [3.8, 4) is 0 Å². The average molecular weight is 544 g/mol. The van der Waals surface area contributed by atoms with E-state index in [0.29, 0.717) is 11.3 Å². The minimum absolute atomic E-state index is 0.146. The number of hydrogen-bond acceptors (Lipinski definition) is 11. The van der Waals surface area contributed by atoms with Crippen LogP contribution in [-0.2, 0) is 25.8 Å². The number of thiazole rings is 1. The van der Waals surface area contributed by atoms with Gasteiger partial charge in [0, 0.05) is 22.8 Å². The number of imidazole rings is 1. The number of nitrogens with zero attached hydrogens (tertiary/aromatic N) is 5. The van der Waals surface area contributed by atoms with Crippen LogP contribution >= 0.6 is 23.1 Å². The molecule has 5 rings (SSSR count). The van der Waals surface area contributed by atoms with Gasteiger partial charge in [-0.2, -0.15) is 0 Å². The molecule has 192 valence electrons. The Morgan fingerprint density at radius 1 is 1.38 bits per heavy atom. The van der Waals surface area contributed by atoms with Gasteiger partial charge in [0.15, 0.2) is 10.8 Å². The minimum atomic E-state index is -1.46. The van der Waals surface area contributed by atoms with Gasteiger partial charge in [0.25, 0.3) is 17.5 Å². The molecule has 5 heterocycles. The number of aliphatic carboxylic acids is 1. The number of nitrogens with one attached hydrogen (secondary N) is 1. The van der Waals surface area contributed by atoms with Crippen LogP contribution in [0.15, 0.2) is 58.6 Å². The number of carboxylic acid groups (broad SMARTS) is 1. The summed E-state index contributed by atoms with van der Waals surface area (Å²) in [6, 6.07) is 4.67. The number of nitrogen functional groups attached to an aromatic ring is 1. The van der Waals surface area contributed by atoms with Crippen LogP contribution in [0.3, 0.4) is 0 Å². The van der Waals surface area contributed by atoms with Crippen LogP contribution in [0.2, 0.25) is 0 Å². The van der Waals surface area contributed by atoms with Gasteiger partial charge in [0.1, 0.15) is 42.7 Å². The summed E-state index contributed by atoms with van der Waals surface area (Å²) in [4.78, 5) is 48.3. The number of thioether (sulfide) groups is 1. The Labute approximate surface area is 217 Å². The second kappa shape index (κ2) is 10.2. The van der Waals surface area contributed by atoms with E-state index in [9.17, 15) is 19.5 Å². The van der Waals surface area contributed by atoms with Crippen LogP contribution in [0.1, 0.15) is 5.69 Å². The third kappa shape index (κ3) is 4.63. The number of hydrogen-bond donors (Lipinski definition) is 3. The van der Waals surface area contributed by atoms with Crippen LogP contribution in [0.25, 0.3) is 5.65 Å². The normalized spacial score (nSPS) is 19.5. The zero-order valence-corrected chi connectivity index (χ0v) is 20.8. The first-order chi connectivity index (χ1) is 17.9. The van der Waals surface area contributed by atoms with E-state index in [4.69, 9.17) is 15.7 Å². The number of aromatic nitrogens is 3. The van der Waals surface area contributed by atoms with E-state index in [0.717, 1.165) is 21.9 Å². The predicted molar refractivity (Wildman–Crippen MR) is 131 cm³/mol. The Morgan fingerprint density at radius 3 is 2.95 bits per heavy atom. The number of carbonyl (C=O) groups excluding carboxylic acids is 3. The minimum Gasteiger partial charge on any atom is -0.543 e. The molecule has 0 unspecified atom stereocenters. The van der Waals surface area contributed by atoms with Crippen LogP contribution in [0.4, 0.5) is 5.13 Å². The van der Waals surface area contributed by atoms with Crippen molar-refractivity contribution in [2.45, 2.75) is 18.0 Å². The molecular weight excluding hydrogens is 522 g/mol. The summed E-state index contributed by atoms with van der Waals surface area (Å²) >= 11 is 2.43. The van der Waals surface area contributed by atoms with Gasteiger partial charge in [-0.15, -0.1) is 23.1 Å². The third-order valence-corrected chi connectivity index (χ3v) is 7.79. The topological polar surface area (TPSA) is 179 Å². The number of aliphatic hydroxyl groups is 1. The van der Waals surface area contributed by atoms with Crippen molar-refractivity contribution in [3.63, 3.8) is 0 Å². The molecule has 0 spiro atoms. The van der Waals surface area contributed by atoms with Crippen molar-refractivity contribution >= 4 is 57.4 Å². The summed E-state index contributed by atoms with van der Waals surface area (Å²) < 4.78 is 3.79. The zero-order chi connectivity index (χ0) is 26.1. The molecule has 13 nitrogen and oxygen atoms in total. The van der Waals surface area contributed by atoms with Crippen molar-refractivity contribution in [2.75, 3.05) is 24.7 Å². The summed E-state index contributed by atoms with van der Waals surface area (Å²) in [5.74, 6) is -2.46. The summed E-state index contributed by atoms with van der Waals surface area (Å²) in [5.41, 5.74) is 6.79. The number of rotatable bonds is 9. The Morgan fingerprint density at radius 2 is 2.22 bits per heavy atom. The Kier molecular flexibility index (Phi) is 6.82. The molecule has 2 amide bonds. The first-order valence-electron chi connectivity index (χ1n) is 11.0. The highest BCUT2D eigenvalue weighted by atomic mass is 32.2. The summed E-state index contributed by atoms with van der Waals surface area (Å²) in [6.07, 6.45) is 5.56. The summed E-state index contributed by atoms with van der Waals surface area (Å²) in [6.45, 7) is -0.206. The lowest BCUT2D eigenvalue weighted by molar-refractivity contribution is -0.662. The smallest absolute Gasteiger partial charge is 0.286 e. The molecule has 0 radical (unpaired) electrons. The van der Waals surface area contributed by atoms with Gasteiger partial charge < -0.3 is 30.9 Å². The van der Waals surface area contributed by atoms with Gasteiger partial charge in [-0.05, 0) is 6.07 Å². The van der Waals surface area contributed by atoms with E-state index >= 15 is 0 Å². The molecule has 0 aliphatic carbocycles. The highest BCUT2D eigenvalue weighted by Gasteiger charge is 2.53. The van der Waals surface area contributed by atoms with Crippen molar-refractivity contribution in [1.29, 1.82) is 0 Å². The number of oxime groups is 1. The largest absolute Gasteiger partial charge is 0.543 e. The molecule has 2 atom stereocenters. The molecule has 0 aromatic carbocycles. The number of carboxylic acids is 1. The molecule has 3 aromatic heterocycles. The molecule has 37 heavy (non-hydrogen) atoms. The maximum Gasteiger partial charge on any atom is 0.286 e.